The van der Waals surface area contributed by atoms with Crippen LogP contribution in [0.5, 0.6) is 5.75 Å². The minimum Gasteiger partial charge on any atom is -0.496 e. The van der Waals surface area contributed by atoms with Gasteiger partial charge in [-0.05, 0) is 41.3 Å². The average molecular weight is 406 g/mol. The predicted molar refractivity (Wildman–Crippen MR) is 117 cm³/mol. The molecular formula is C26H28FNO2. The molecule has 0 amide bonds. The first-order chi connectivity index (χ1) is 14.7. The van der Waals surface area contributed by atoms with E-state index in [1.807, 2.05) is 12.1 Å². The topological polar surface area (TPSA) is 21.7 Å². The molecule has 4 rings (SSSR count). The Balaban J connectivity index is 1.57. The number of benzene rings is 3. The minimum absolute atomic E-state index is 0.0258. The summed E-state index contributed by atoms with van der Waals surface area (Å²) in [6, 6.07) is 25.7. The van der Waals surface area contributed by atoms with Gasteiger partial charge in [-0.3, -0.25) is 4.90 Å². The van der Waals surface area contributed by atoms with Gasteiger partial charge in [0.2, 0.25) is 0 Å². The van der Waals surface area contributed by atoms with Crippen LogP contribution in [0.2, 0.25) is 0 Å². The highest BCUT2D eigenvalue weighted by atomic mass is 19.1. The molecule has 1 heterocycles. The minimum atomic E-state index is -0.243. The van der Waals surface area contributed by atoms with E-state index in [1.54, 1.807) is 19.2 Å². The second-order valence-corrected chi connectivity index (χ2v) is 7.81. The molecule has 0 radical (unpaired) electrons. The molecule has 1 saturated heterocycles. The molecule has 0 bridgehead atoms. The fourth-order valence-corrected chi connectivity index (χ4v) is 4.27. The Morgan fingerprint density at radius 3 is 2.50 bits per heavy atom. The number of ether oxygens (including phenoxy) is 2. The van der Waals surface area contributed by atoms with E-state index in [0.717, 1.165) is 25.2 Å². The van der Waals surface area contributed by atoms with Crippen LogP contribution in [0.15, 0.2) is 78.9 Å². The fraction of sp³-hybridized carbons (Fsp3) is 0.308. The molecule has 0 aromatic heterocycles. The molecule has 0 N–H and O–H groups in total. The summed E-state index contributed by atoms with van der Waals surface area (Å²) in [4.78, 5) is 2.45. The molecule has 156 valence electrons. The maximum Gasteiger partial charge on any atom is 0.123 e. The summed E-state index contributed by atoms with van der Waals surface area (Å²) in [5.74, 6) is 0.586. The van der Waals surface area contributed by atoms with Gasteiger partial charge in [0.15, 0.2) is 0 Å². The third kappa shape index (κ3) is 5.07. The maximum absolute atomic E-state index is 14.0. The molecule has 3 aromatic carbocycles. The number of hydrogen-bond acceptors (Lipinski definition) is 3. The Morgan fingerprint density at radius 2 is 1.77 bits per heavy atom. The smallest absolute Gasteiger partial charge is 0.123 e. The van der Waals surface area contributed by atoms with E-state index in [4.69, 9.17) is 9.47 Å². The number of methoxy groups -OCH3 is 1. The summed E-state index contributed by atoms with van der Waals surface area (Å²) >= 11 is 0. The quantitative estimate of drug-likeness (QED) is 0.548. The lowest BCUT2D eigenvalue weighted by molar-refractivity contribution is -0.0445. The van der Waals surface area contributed by atoms with E-state index in [1.165, 1.54) is 17.2 Å². The molecule has 4 heteroatoms. The van der Waals surface area contributed by atoms with E-state index in [2.05, 4.69) is 53.4 Å². The predicted octanol–water partition coefficient (Wildman–Crippen LogP) is 5.06. The Morgan fingerprint density at radius 1 is 1.03 bits per heavy atom. The summed E-state index contributed by atoms with van der Waals surface area (Å²) in [7, 11) is 1.63. The fourth-order valence-electron chi connectivity index (χ4n) is 4.27. The van der Waals surface area contributed by atoms with Crippen molar-refractivity contribution in [2.75, 3.05) is 26.8 Å². The molecule has 3 aromatic rings. The van der Waals surface area contributed by atoms with Crippen molar-refractivity contribution in [3.63, 3.8) is 0 Å². The van der Waals surface area contributed by atoms with Crippen molar-refractivity contribution >= 4 is 0 Å². The molecule has 3 nitrogen and oxygen atoms in total. The van der Waals surface area contributed by atoms with Crippen LogP contribution in [0.4, 0.5) is 4.39 Å². The molecule has 0 saturated carbocycles. The molecule has 1 unspecified atom stereocenters. The molecule has 1 aliphatic rings. The summed E-state index contributed by atoms with van der Waals surface area (Å²) in [6.07, 6.45) is 0.687. The highest BCUT2D eigenvalue weighted by Crippen LogP contribution is 2.32. The van der Waals surface area contributed by atoms with Crippen molar-refractivity contribution in [3.8, 4) is 5.75 Å². The Labute approximate surface area is 178 Å². The molecule has 0 aliphatic carbocycles. The van der Waals surface area contributed by atoms with Crippen LogP contribution in [0.25, 0.3) is 0 Å². The Hall–Kier alpha value is -2.69. The lowest BCUT2D eigenvalue weighted by Crippen LogP contribution is -2.45. The van der Waals surface area contributed by atoms with Crippen molar-refractivity contribution in [1.82, 2.24) is 4.90 Å². The van der Waals surface area contributed by atoms with Gasteiger partial charge >= 0.3 is 0 Å². The van der Waals surface area contributed by atoms with Gasteiger partial charge in [0.1, 0.15) is 11.6 Å². The largest absolute Gasteiger partial charge is 0.496 e. The van der Waals surface area contributed by atoms with Crippen LogP contribution in [-0.4, -0.2) is 37.8 Å². The van der Waals surface area contributed by atoms with Crippen LogP contribution in [0.1, 0.15) is 22.6 Å². The van der Waals surface area contributed by atoms with Gasteiger partial charge in [-0.2, -0.15) is 0 Å². The van der Waals surface area contributed by atoms with Gasteiger partial charge in [0.25, 0.3) is 0 Å². The number of morpholine rings is 1. The zero-order valence-corrected chi connectivity index (χ0v) is 17.3. The highest BCUT2D eigenvalue weighted by Gasteiger charge is 2.30. The first-order valence-corrected chi connectivity index (χ1v) is 10.5. The summed E-state index contributed by atoms with van der Waals surface area (Å²) in [5, 5.41) is 0. The second-order valence-electron chi connectivity index (χ2n) is 7.81. The zero-order valence-electron chi connectivity index (χ0n) is 17.3. The maximum atomic E-state index is 14.0. The van der Waals surface area contributed by atoms with Crippen molar-refractivity contribution in [2.45, 2.75) is 25.0 Å². The lowest BCUT2D eigenvalue weighted by atomic mass is 9.86. The van der Waals surface area contributed by atoms with E-state index in [9.17, 15) is 4.39 Å². The van der Waals surface area contributed by atoms with Gasteiger partial charge in [-0.25, -0.2) is 4.39 Å². The first-order valence-electron chi connectivity index (χ1n) is 10.5. The van der Waals surface area contributed by atoms with E-state index >= 15 is 0 Å². The van der Waals surface area contributed by atoms with Gasteiger partial charge < -0.3 is 9.47 Å². The Kier molecular flexibility index (Phi) is 6.77. The normalized spacial score (nSPS) is 18.1. The van der Waals surface area contributed by atoms with Crippen LogP contribution in [-0.2, 0) is 17.7 Å². The Bertz CT molecular complexity index is 932. The standard InChI is InChI=1S/C26H28FNO2/c1-29-25-13-12-23(27)16-22(25)17-24(21-10-6-3-7-11-21)26-19-28(14-15-30-26)18-20-8-4-2-5-9-20/h2-13,16,24,26H,14-15,17-19H2,1H3/t24?,26-/m0/s1. The molecule has 30 heavy (non-hydrogen) atoms. The van der Waals surface area contributed by atoms with Crippen LogP contribution < -0.4 is 4.74 Å². The van der Waals surface area contributed by atoms with E-state index in [0.29, 0.717) is 18.8 Å². The van der Waals surface area contributed by atoms with Gasteiger partial charge in [-0.15, -0.1) is 0 Å². The van der Waals surface area contributed by atoms with Gasteiger partial charge in [0, 0.05) is 25.6 Å². The van der Waals surface area contributed by atoms with Crippen LogP contribution >= 0.6 is 0 Å². The number of hydrogen-bond donors (Lipinski definition) is 0. The zero-order chi connectivity index (χ0) is 20.8. The van der Waals surface area contributed by atoms with Crippen molar-refractivity contribution in [3.05, 3.63) is 101 Å². The van der Waals surface area contributed by atoms with Crippen LogP contribution in [0, 0.1) is 5.82 Å². The van der Waals surface area contributed by atoms with Gasteiger partial charge in [0.05, 0.1) is 19.8 Å². The van der Waals surface area contributed by atoms with Gasteiger partial charge in [-0.1, -0.05) is 60.7 Å². The summed E-state index contributed by atoms with van der Waals surface area (Å²) < 4.78 is 25.8. The summed E-state index contributed by atoms with van der Waals surface area (Å²) in [5.41, 5.74) is 3.38. The van der Waals surface area contributed by atoms with Crippen LogP contribution in [0.3, 0.4) is 0 Å². The molecule has 1 aliphatic heterocycles. The molecule has 0 spiro atoms. The SMILES string of the molecule is COc1ccc(F)cc1CC(c1ccccc1)[C@@H]1CN(Cc2ccccc2)CCO1. The lowest BCUT2D eigenvalue weighted by Gasteiger charge is -2.37. The molecule has 2 atom stereocenters. The van der Waals surface area contributed by atoms with E-state index < -0.39 is 0 Å². The third-order valence-electron chi connectivity index (χ3n) is 5.79. The van der Waals surface area contributed by atoms with E-state index in [-0.39, 0.29) is 17.8 Å². The first kappa shape index (κ1) is 20.6. The highest BCUT2D eigenvalue weighted by molar-refractivity contribution is 5.36. The molecular weight excluding hydrogens is 377 g/mol. The van der Waals surface area contributed by atoms with Crippen molar-refractivity contribution < 1.29 is 13.9 Å². The summed E-state index contributed by atoms with van der Waals surface area (Å²) in [6.45, 7) is 3.36. The second kappa shape index (κ2) is 9.88. The number of halogens is 1. The average Bonchev–Trinajstić information content (AvgIpc) is 2.79. The molecule has 1 fully saturated rings. The number of rotatable bonds is 7. The number of nitrogens with zero attached hydrogens (tertiary/aromatic N) is 1. The monoisotopic (exact) mass is 405 g/mol. The van der Waals surface area contributed by atoms with Crippen molar-refractivity contribution in [2.24, 2.45) is 0 Å². The third-order valence-corrected chi connectivity index (χ3v) is 5.79. The van der Waals surface area contributed by atoms with Crippen molar-refractivity contribution in [1.29, 1.82) is 0 Å².